The number of rotatable bonds is 6. The number of nitrogen functional groups attached to an aromatic ring is 1. The second kappa shape index (κ2) is 7.19. The topological polar surface area (TPSA) is 93.8 Å². The van der Waals surface area contributed by atoms with Gasteiger partial charge in [-0.3, -0.25) is 4.79 Å². The van der Waals surface area contributed by atoms with Crippen LogP contribution in [0, 0.1) is 13.8 Å². The minimum Gasteiger partial charge on any atom is -0.374 e. The lowest BCUT2D eigenvalue weighted by Gasteiger charge is -2.13. The van der Waals surface area contributed by atoms with Crippen molar-refractivity contribution in [2.24, 2.45) is 0 Å². The number of hydrogen-bond acceptors (Lipinski definition) is 8. The molecule has 6 nitrogen and oxygen atoms in total. The Morgan fingerprint density at radius 1 is 1.38 bits per heavy atom. The maximum absolute atomic E-state index is 12.0. The highest BCUT2D eigenvalue weighted by Crippen LogP contribution is 2.26. The van der Waals surface area contributed by atoms with Crippen molar-refractivity contribution in [3.8, 4) is 0 Å². The van der Waals surface area contributed by atoms with Gasteiger partial charge in [0.15, 0.2) is 4.34 Å². The Morgan fingerprint density at radius 3 is 2.67 bits per heavy atom. The fourth-order valence-electron chi connectivity index (χ4n) is 1.63. The first-order valence-electron chi connectivity index (χ1n) is 6.44. The molecule has 114 valence electrons. The number of carbonyl (C=O) groups excluding carboxylic acids is 1. The molecule has 0 saturated heterocycles. The van der Waals surface area contributed by atoms with Crippen molar-refractivity contribution in [2.75, 3.05) is 11.5 Å². The van der Waals surface area contributed by atoms with Gasteiger partial charge >= 0.3 is 0 Å². The van der Waals surface area contributed by atoms with Crippen molar-refractivity contribution in [3.05, 3.63) is 15.6 Å². The molecule has 2 aromatic rings. The number of thiazole rings is 1. The molecule has 9 heteroatoms. The third-order valence-electron chi connectivity index (χ3n) is 2.84. The van der Waals surface area contributed by atoms with Gasteiger partial charge in [0.2, 0.25) is 11.0 Å². The molecule has 0 aliphatic carbocycles. The minimum absolute atomic E-state index is 0.0324. The first kappa shape index (κ1) is 16.2. The van der Waals surface area contributed by atoms with Crippen molar-refractivity contribution < 1.29 is 4.79 Å². The van der Waals surface area contributed by atoms with Gasteiger partial charge in [-0.25, -0.2) is 4.98 Å². The van der Waals surface area contributed by atoms with E-state index in [0.29, 0.717) is 15.2 Å². The van der Waals surface area contributed by atoms with E-state index in [-0.39, 0.29) is 11.9 Å². The SMILES string of the molecule is CCC(NC(=O)CSc1nnc(N)s1)c1nc(C)c(C)s1. The van der Waals surface area contributed by atoms with Crippen LogP contribution in [0.15, 0.2) is 4.34 Å². The number of carbonyl (C=O) groups is 1. The van der Waals surface area contributed by atoms with Gasteiger partial charge < -0.3 is 11.1 Å². The average Bonchev–Trinajstić information content (AvgIpc) is 3.00. The largest absolute Gasteiger partial charge is 0.374 e. The molecule has 21 heavy (non-hydrogen) atoms. The number of aromatic nitrogens is 3. The zero-order valence-corrected chi connectivity index (χ0v) is 14.5. The standard InChI is InChI=1S/C12H17N5OS3/c1-4-8(10-14-6(2)7(3)20-10)15-9(18)5-19-12-17-16-11(13)21-12/h8H,4-5H2,1-3H3,(H2,13,16)(H,15,18). The predicted octanol–water partition coefficient (Wildman–Crippen LogP) is 2.55. The summed E-state index contributed by atoms with van der Waals surface area (Å²) in [6.45, 7) is 6.07. The molecule has 1 amide bonds. The third kappa shape index (κ3) is 4.39. The molecule has 0 spiro atoms. The van der Waals surface area contributed by atoms with E-state index < -0.39 is 0 Å². The normalized spacial score (nSPS) is 12.3. The molecule has 0 saturated carbocycles. The Morgan fingerprint density at radius 2 is 2.14 bits per heavy atom. The third-order valence-corrected chi connectivity index (χ3v) is 5.91. The molecule has 0 aliphatic heterocycles. The quantitative estimate of drug-likeness (QED) is 0.783. The highest BCUT2D eigenvalue weighted by atomic mass is 32.2. The fraction of sp³-hybridized carbons (Fsp3) is 0.500. The smallest absolute Gasteiger partial charge is 0.231 e. The molecule has 0 aliphatic rings. The maximum Gasteiger partial charge on any atom is 0.231 e. The second-order valence-electron chi connectivity index (χ2n) is 4.42. The zero-order chi connectivity index (χ0) is 15.4. The molecule has 2 rings (SSSR count). The summed E-state index contributed by atoms with van der Waals surface area (Å²) in [5, 5.41) is 12.0. The van der Waals surface area contributed by atoms with E-state index in [1.54, 1.807) is 11.3 Å². The van der Waals surface area contributed by atoms with Crippen molar-refractivity contribution in [1.82, 2.24) is 20.5 Å². The number of nitrogens with two attached hydrogens (primary N) is 1. The Bertz CT molecular complexity index is 605. The summed E-state index contributed by atoms with van der Waals surface area (Å²) in [7, 11) is 0. The van der Waals surface area contributed by atoms with Crippen molar-refractivity contribution in [3.63, 3.8) is 0 Å². The van der Waals surface area contributed by atoms with Crippen LogP contribution in [0.25, 0.3) is 0 Å². The average molecular weight is 344 g/mol. The summed E-state index contributed by atoms with van der Waals surface area (Å²) in [6, 6.07) is -0.0324. The summed E-state index contributed by atoms with van der Waals surface area (Å²) in [5.74, 6) is 0.264. The predicted molar refractivity (Wildman–Crippen MR) is 87.8 cm³/mol. The summed E-state index contributed by atoms with van der Waals surface area (Å²) in [5.41, 5.74) is 6.53. The van der Waals surface area contributed by atoms with Gasteiger partial charge in [-0.15, -0.1) is 21.5 Å². The molecule has 0 radical (unpaired) electrons. The molecule has 0 fully saturated rings. The molecule has 1 unspecified atom stereocenters. The van der Waals surface area contributed by atoms with Crippen molar-refractivity contribution >= 4 is 45.5 Å². The van der Waals surface area contributed by atoms with Gasteiger partial charge in [0.25, 0.3) is 0 Å². The summed E-state index contributed by atoms with van der Waals surface area (Å²) in [4.78, 5) is 17.7. The first-order valence-corrected chi connectivity index (χ1v) is 9.06. The van der Waals surface area contributed by atoms with Crippen LogP contribution < -0.4 is 11.1 Å². The Labute approximate surface area is 135 Å². The fourth-order valence-corrected chi connectivity index (χ4v) is 4.13. The summed E-state index contributed by atoms with van der Waals surface area (Å²) < 4.78 is 0.705. The van der Waals surface area contributed by atoms with Crippen molar-refractivity contribution in [1.29, 1.82) is 0 Å². The van der Waals surface area contributed by atoms with E-state index in [1.165, 1.54) is 28.0 Å². The number of hydrogen-bond donors (Lipinski definition) is 2. The summed E-state index contributed by atoms with van der Waals surface area (Å²) in [6.07, 6.45) is 0.814. The number of amides is 1. The maximum atomic E-state index is 12.0. The highest BCUT2D eigenvalue weighted by Gasteiger charge is 2.17. The van der Waals surface area contributed by atoms with Crippen LogP contribution in [0.3, 0.4) is 0 Å². The van der Waals surface area contributed by atoms with Crippen LogP contribution in [0.5, 0.6) is 0 Å². The molecule has 0 bridgehead atoms. The number of nitrogens with zero attached hydrogens (tertiary/aromatic N) is 3. The lowest BCUT2D eigenvalue weighted by Crippen LogP contribution is -2.29. The van der Waals surface area contributed by atoms with Crippen LogP contribution >= 0.6 is 34.4 Å². The molecule has 2 aromatic heterocycles. The van der Waals surface area contributed by atoms with E-state index in [2.05, 4.69) is 20.5 Å². The molecular weight excluding hydrogens is 326 g/mol. The Hall–Kier alpha value is -1.19. The number of nitrogens with one attached hydrogen (secondary N) is 1. The highest BCUT2D eigenvalue weighted by molar-refractivity contribution is 8.01. The van der Waals surface area contributed by atoms with Gasteiger partial charge in [0.1, 0.15) is 5.01 Å². The van der Waals surface area contributed by atoms with Crippen LogP contribution in [-0.4, -0.2) is 26.8 Å². The van der Waals surface area contributed by atoms with E-state index in [9.17, 15) is 4.79 Å². The number of thioether (sulfide) groups is 1. The number of anilines is 1. The first-order chi connectivity index (χ1) is 9.99. The minimum atomic E-state index is -0.0360. The van der Waals surface area contributed by atoms with E-state index in [0.717, 1.165) is 17.1 Å². The zero-order valence-electron chi connectivity index (χ0n) is 12.0. The van der Waals surface area contributed by atoms with Gasteiger partial charge in [0, 0.05) is 4.88 Å². The second-order valence-corrected chi connectivity index (χ2v) is 7.88. The van der Waals surface area contributed by atoms with E-state index in [1.807, 2.05) is 20.8 Å². The molecule has 1 atom stereocenters. The molecule has 3 N–H and O–H groups in total. The van der Waals surface area contributed by atoms with E-state index >= 15 is 0 Å². The van der Waals surface area contributed by atoms with Crippen LogP contribution in [0.4, 0.5) is 5.13 Å². The van der Waals surface area contributed by atoms with Crippen LogP contribution in [0.1, 0.15) is 35.0 Å². The van der Waals surface area contributed by atoms with E-state index in [4.69, 9.17) is 5.73 Å². The van der Waals surface area contributed by atoms with Gasteiger partial charge in [-0.05, 0) is 20.3 Å². The van der Waals surface area contributed by atoms with Gasteiger partial charge in [-0.2, -0.15) is 0 Å². The summed E-state index contributed by atoms with van der Waals surface area (Å²) >= 11 is 4.26. The Kier molecular flexibility index (Phi) is 5.54. The molecule has 2 heterocycles. The van der Waals surface area contributed by atoms with Crippen LogP contribution in [0.2, 0.25) is 0 Å². The van der Waals surface area contributed by atoms with Crippen LogP contribution in [-0.2, 0) is 4.79 Å². The van der Waals surface area contributed by atoms with Crippen molar-refractivity contribution in [2.45, 2.75) is 37.6 Å². The molecular formula is C12H17N5OS3. The number of aryl methyl sites for hydroxylation is 2. The molecule has 0 aromatic carbocycles. The van der Waals surface area contributed by atoms with Gasteiger partial charge in [-0.1, -0.05) is 30.0 Å². The monoisotopic (exact) mass is 343 g/mol. The van der Waals surface area contributed by atoms with Gasteiger partial charge in [0.05, 0.1) is 17.5 Å². The lowest BCUT2D eigenvalue weighted by atomic mass is 10.2. The lowest BCUT2D eigenvalue weighted by molar-refractivity contribution is -0.119. The Balaban J connectivity index is 1.90.